The SMILES string of the molecule is CCOC(=O)c1c(NC(=O)CSc2ccccc2NC(C)=O)sc(C(C)=O)c1C. The second-order valence-corrected chi connectivity index (χ2v) is 8.09. The molecule has 2 aromatic rings. The summed E-state index contributed by atoms with van der Waals surface area (Å²) in [5, 5.41) is 5.73. The number of nitrogens with one attached hydrogen (secondary N) is 2. The Morgan fingerprint density at radius 1 is 1.10 bits per heavy atom. The summed E-state index contributed by atoms with van der Waals surface area (Å²) in [5.74, 6) is -1.24. The van der Waals surface area contributed by atoms with E-state index in [-0.39, 0.29) is 35.5 Å². The van der Waals surface area contributed by atoms with E-state index >= 15 is 0 Å². The third-order valence-electron chi connectivity index (χ3n) is 3.76. The largest absolute Gasteiger partial charge is 0.462 e. The summed E-state index contributed by atoms with van der Waals surface area (Å²) in [5.41, 5.74) is 1.33. The Balaban J connectivity index is 2.17. The quantitative estimate of drug-likeness (QED) is 0.368. The van der Waals surface area contributed by atoms with Crippen LogP contribution >= 0.6 is 23.1 Å². The van der Waals surface area contributed by atoms with E-state index in [1.165, 1.54) is 25.6 Å². The van der Waals surface area contributed by atoms with Crippen LogP contribution < -0.4 is 10.6 Å². The summed E-state index contributed by atoms with van der Waals surface area (Å²) >= 11 is 2.31. The number of hydrogen-bond acceptors (Lipinski definition) is 7. The summed E-state index contributed by atoms with van der Waals surface area (Å²) < 4.78 is 5.07. The van der Waals surface area contributed by atoms with Gasteiger partial charge >= 0.3 is 5.97 Å². The van der Waals surface area contributed by atoms with Crippen molar-refractivity contribution in [1.29, 1.82) is 0 Å². The molecule has 0 aliphatic rings. The molecule has 154 valence electrons. The number of hydrogen-bond donors (Lipinski definition) is 2. The maximum absolute atomic E-state index is 12.5. The number of para-hydroxylation sites is 1. The molecule has 0 aliphatic heterocycles. The Kier molecular flexibility index (Phi) is 7.98. The second kappa shape index (κ2) is 10.2. The average Bonchev–Trinajstić information content (AvgIpc) is 2.97. The van der Waals surface area contributed by atoms with Crippen molar-refractivity contribution in [3.63, 3.8) is 0 Å². The van der Waals surface area contributed by atoms with Gasteiger partial charge in [-0.15, -0.1) is 23.1 Å². The van der Waals surface area contributed by atoms with E-state index in [0.29, 0.717) is 21.1 Å². The molecule has 0 fully saturated rings. The normalized spacial score (nSPS) is 10.3. The van der Waals surface area contributed by atoms with Crippen molar-refractivity contribution >= 4 is 57.4 Å². The lowest BCUT2D eigenvalue weighted by Crippen LogP contribution is -2.16. The van der Waals surface area contributed by atoms with Crippen molar-refractivity contribution < 1.29 is 23.9 Å². The fraction of sp³-hybridized carbons (Fsp3) is 0.300. The third-order valence-corrected chi connectivity index (χ3v) is 6.14. The fourth-order valence-electron chi connectivity index (χ4n) is 2.58. The summed E-state index contributed by atoms with van der Waals surface area (Å²) in [7, 11) is 0. The highest BCUT2D eigenvalue weighted by Crippen LogP contribution is 2.34. The Hall–Kier alpha value is -2.65. The molecule has 0 spiro atoms. The number of ketones is 1. The predicted molar refractivity (Wildman–Crippen MR) is 115 cm³/mol. The van der Waals surface area contributed by atoms with Crippen LogP contribution in [0.5, 0.6) is 0 Å². The van der Waals surface area contributed by atoms with Crippen LogP contribution in [0.25, 0.3) is 0 Å². The number of ether oxygens (including phenoxy) is 1. The standard InChI is InChI=1S/C20H22N2O5S2/c1-5-27-20(26)17-11(2)18(12(3)23)29-19(17)22-16(25)10-28-15-9-7-6-8-14(15)21-13(4)24/h6-9H,5,10H2,1-4H3,(H,21,24)(H,22,25). The van der Waals surface area contributed by atoms with Crippen LogP contribution in [0.1, 0.15) is 46.4 Å². The van der Waals surface area contributed by atoms with Gasteiger partial charge in [0, 0.05) is 11.8 Å². The Bertz CT molecular complexity index is 952. The molecule has 7 nitrogen and oxygen atoms in total. The van der Waals surface area contributed by atoms with Crippen molar-refractivity contribution in [2.24, 2.45) is 0 Å². The van der Waals surface area contributed by atoms with Gasteiger partial charge in [-0.25, -0.2) is 4.79 Å². The van der Waals surface area contributed by atoms with E-state index < -0.39 is 5.97 Å². The number of amides is 2. The first-order chi connectivity index (χ1) is 13.7. The molecular weight excluding hydrogens is 412 g/mol. The fourth-order valence-corrected chi connectivity index (χ4v) is 4.49. The zero-order chi connectivity index (χ0) is 21.6. The minimum Gasteiger partial charge on any atom is -0.462 e. The number of anilines is 2. The van der Waals surface area contributed by atoms with Crippen molar-refractivity contribution in [3.8, 4) is 0 Å². The predicted octanol–water partition coefficient (Wildman–Crippen LogP) is 4.13. The molecular formula is C20H22N2O5S2. The van der Waals surface area contributed by atoms with Crippen LogP contribution in [-0.4, -0.2) is 35.9 Å². The summed E-state index contributed by atoms with van der Waals surface area (Å²) in [4.78, 5) is 49.1. The lowest BCUT2D eigenvalue weighted by molar-refractivity contribution is -0.114. The number of carbonyl (C=O) groups is 4. The Labute approximate surface area is 177 Å². The molecule has 1 aromatic carbocycles. The molecule has 0 saturated carbocycles. The van der Waals surface area contributed by atoms with Crippen LogP contribution in [0.2, 0.25) is 0 Å². The van der Waals surface area contributed by atoms with Gasteiger partial charge in [0.25, 0.3) is 0 Å². The maximum Gasteiger partial charge on any atom is 0.341 e. The van der Waals surface area contributed by atoms with Crippen molar-refractivity contribution in [1.82, 2.24) is 0 Å². The molecule has 0 aliphatic carbocycles. The summed E-state index contributed by atoms with van der Waals surface area (Å²) in [6.07, 6.45) is 0. The van der Waals surface area contributed by atoms with Gasteiger partial charge < -0.3 is 15.4 Å². The van der Waals surface area contributed by atoms with Gasteiger partial charge in [0.05, 0.1) is 28.5 Å². The number of benzene rings is 1. The molecule has 2 amide bonds. The zero-order valence-corrected chi connectivity index (χ0v) is 18.2. The second-order valence-electron chi connectivity index (χ2n) is 6.05. The van der Waals surface area contributed by atoms with Gasteiger partial charge in [0.15, 0.2) is 5.78 Å². The van der Waals surface area contributed by atoms with E-state index in [0.717, 1.165) is 16.2 Å². The summed E-state index contributed by atoms with van der Waals surface area (Å²) in [6, 6.07) is 7.16. The highest BCUT2D eigenvalue weighted by molar-refractivity contribution is 8.00. The molecule has 2 N–H and O–H groups in total. The molecule has 29 heavy (non-hydrogen) atoms. The maximum atomic E-state index is 12.5. The topological polar surface area (TPSA) is 102 Å². The van der Waals surface area contributed by atoms with Gasteiger partial charge in [-0.3, -0.25) is 14.4 Å². The number of thiophene rings is 1. The number of carbonyl (C=O) groups excluding carboxylic acids is 4. The molecule has 9 heteroatoms. The van der Waals surface area contributed by atoms with Crippen LogP contribution in [-0.2, 0) is 14.3 Å². The first-order valence-electron chi connectivity index (χ1n) is 8.85. The monoisotopic (exact) mass is 434 g/mol. The number of Topliss-reactive ketones (excluding diaryl/α,β-unsaturated/α-hetero) is 1. The molecule has 0 atom stereocenters. The van der Waals surface area contributed by atoms with E-state index in [2.05, 4.69) is 10.6 Å². The molecule has 0 saturated heterocycles. The van der Waals surface area contributed by atoms with Gasteiger partial charge in [-0.1, -0.05) is 12.1 Å². The van der Waals surface area contributed by atoms with E-state index in [1.807, 2.05) is 6.07 Å². The molecule has 0 unspecified atom stereocenters. The molecule has 1 aromatic heterocycles. The Morgan fingerprint density at radius 3 is 2.41 bits per heavy atom. The first kappa shape index (κ1) is 22.6. The number of rotatable bonds is 8. The van der Waals surface area contributed by atoms with Gasteiger partial charge in [-0.2, -0.15) is 0 Å². The van der Waals surface area contributed by atoms with Crippen LogP contribution in [0.15, 0.2) is 29.2 Å². The van der Waals surface area contributed by atoms with Crippen LogP contribution in [0.4, 0.5) is 10.7 Å². The number of esters is 1. The van der Waals surface area contributed by atoms with Gasteiger partial charge in [-0.05, 0) is 38.5 Å². The highest BCUT2D eigenvalue weighted by atomic mass is 32.2. The third kappa shape index (κ3) is 5.91. The smallest absolute Gasteiger partial charge is 0.341 e. The van der Waals surface area contributed by atoms with E-state index in [1.54, 1.807) is 32.0 Å². The average molecular weight is 435 g/mol. The Morgan fingerprint density at radius 2 is 1.79 bits per heavy atom. The van der Waals surface area contributed by atoms with Crippen LogP contribution in [0, 0.1) is 6.92 Å². The molecule has 2 rings (SSSR count). The minimum atomic E-state index is -0.576. The lowest BCUT2D eigenvalue weighted by Gasteiger charge is -2.10. The lowest BCUT2D eigenvalue weighted by atomic mass is 10.1. The van der Waals surface area contributed by atoms with Gasteiger partial charge in [0.2, 0.25) is 11.8 Å². The van der Waals surface area contributed by atoms with Crippen molar-refractivity contribution in [3.05, 3.63) is 40.3 Å². The minimum absolute atomic E-state index is 0.0607. The van der Waals surface area contributed by atoms with E-state index in [9.17, 15) is 19.2 Å². The highest BCUT2D eigenvalue weighted by Gasteiger charge is 2.25. The zero-order valence-electron chi connectivity index (χ0n) is 16.6. The molecule has 0 bridgehead atoms. The van der Waals surface area contributed by atoms with Gasteiger partial charge in [0.1, 0.15) is 5.00 Å². The van der Waals surface area contributed by atoms with E-state index in [4.69, 9.17) is 4.74 Å². The molecule has 1 heterocycles. The first-order valence-corrected chi connectivity index (χ1v) is 10.7. The number of thioether (sulfide) groups is 1. The van der Waals surface area contributed by atoms with Crippen molar-refractivity contribution in [2.45, 2.75) is 32.6 Å². The van der Waals surface area contributed by atoms with Crippen molar-refractivity contribution in [2.75, 3.05) is 23.0 Å². The van der Waals surface area contributed by atoms with Crippen LogP contribution in [0.3, 0.4) is 0 Å². The molecule has 0 radical (unpaired) electrons. The summed E-state index contributed by atoms with van der Waals surface area (Å²) in [6.45, 7) is 6.36.